The van der Waals surface area contributed by atoms with E-state index in [0.29, 0.717) is 11.4 Å². The van der Waals surface area contributed by atoms with Crippen molar-refractivity contribution in [1.29, 1.82) is 0 Å². The Kier molecular flexibility index (Phi) is 3.46. The summed E-state index contributed by atoms with van der Waals surface area (Å²) < 4.78 is 6.69. The summed E-state index contributed by atoms with van der Waals surface area (Å²) in [4.78, 5) is 7.75. The van der Waals surface area contributed by atoms with Crippen molar-refractivity contribution >= 4 is 44.0 Å². The third kappa shape index (κ3) is 2.69. The second kappa shape index (κ2) is 5.26. The molecule has 0 unspecified atom stereocenters. The Bertz CT molecular complexity index is 794. The number of nitrogens with two attached hydrogens (primary N) is 1. The zero-order valence-corrected chi connectivity index (χ0v) is 12.5. The molecule has 100 valence electrons. The van der Waals surface area contributed by atoms with Crippen LogP contribution in [0.15, 0.2) is 47.1 Å². The monoisotopic (exact) mass is 349 g/mol. The quantitative estimate of drug-likeness (QED) is 0.695. The maximum atomic E-state index is 5.75. The van der Waals surface area contributed by atoms with Crippen molar-refractivity contribution in [3.05, 3.63) is 52.4 Å². The van der Waals surface area contributed by atoms with Gasteiger partial charge in [-0.2, -0.15) is 4.98 Å². The van der Waals surface area contributed by atoms with Crippen molar-refractivity contribution in [2.24, 2.45) is 0 Å². The molecule has 4 nitrogen and oxygen atoms in total. The lowest BCUT2D eigenvalue weighted by molar-refractivity contribution is 0.465. The molecular weight excluding hydrogens is 342 g/mol. The second-order valence-electron chi connectivity index (χ2n) is 4.15. The van der Waals surface area contributed by atoms with Crippen molar-refractivity contribution in [1.82, 2.24) is 9.97 Å². The SMILES string of the molecule is Nc1cnc(Cl)nc1Oc1ccc2cc(Br)ccc2c1. The molecule has 0 radical (unpaired) electrons. The molecule has 1 aromatic heterocycles. The fraction of sp³-hybridized carbons (Fsp3) is 0. The van der Waals surface area contributed by atoms with Gasteiger partial charge < -0.3 is 10.5 Å². The average Bonchev–Trinajstić information content (AvgIpc) is 2.43. The average molecular weight is 351 g/mol. The Morgan fingerprint density at radius 1 is 1.10 bits per heavy atom. The largest absolute Gasteiger partial charge is 0.437 e. The van der Waals surface area contributed by atoms with E-state index < -0.39 is 0 Å². The van der Waals surface area contributed by atoms with Gasteiger partial charge in [0.1, 0.15) is 11.4 Å². The fourth-order valence-electron chi connectivity index (χ4n) is 1.81. The van der Waals surface area contributed by atoms with Gasteiger partial charge in [-0.15, -0.1) is 0 Å². The summed E-state index contributed by atoms with van der Waals surface area (Å²) in [7, 11) is 0. The Labute approximate surface area is 128 Å². The summed E-state index contributed by atoms with van der Waals surface area (Å²) in [6.45, 7) is 0. The van der Waals surface area contributed by atoms with Gasteiger partial charge in [-0.3, -0.25) is 0 Å². The van der Waals surface area contributed by atoms with Crippen LogP contribution in [0.3, 0.4) is 0 Å². The first-order chi connectivity index (χ1) is 9.61. The molecule has 2 aromatic carbocycles. The predicted octanol–water partition coefficient (Wildman–Crippen LogP) is 4.42. The highest BCUT2D eigenvalue weighted by atomic mass is 79.9. The highest BCUT2D eigenvalue weighted by molar-refractivity contribution is 9.10. The van der Waals surface area contributed by atoms with Gasteiger partial charge in [0.2, 0.25) is 11.2 Å². The second-order valence-corrected chi connectivity index (χ2v) is 5.41. The number of hydrogen-bond acceptors (Lipinski definition) is 4. The van der Waals surface area contributed by atoms with Crippen LogP contribution in [0, 0.1) is 0 Å². The van der Waals surface area contributed by atoms with Crippen molar-refractivity contribution in [3.63, 3.8) is 0 Å². The molecule has 2 N–H and O–H groups in total. The van der Waals surface area contributed by atoms with E-state index in [-0.39, 0.29) is 11.2 Å². The third-order valence-electron chi connectivity index (χ3n) is 2.74. The third-order valence-corrected chi connectivity index (χ3v) is 3.41. The van der Waals surface area contributed by atoms with Crippen molar-refractivity contribution in [2.45, 2.75) is 0 Å². The normalized spacial score (nSPS) is 10.7. The number of ether oxygens (including phenoxy) is 1. The molecule has 0 aliphatic carbocycles. The molecule has 0 saturated heterocycles. The number of halogens is 2. The molecule has 0 saturated carbocycles. The molecule has 0 amide bonds. The van der Waals surface area contributed by atoms with Crippen LogP contribution >= 0.6 is 27.5 Å². The van der Waals surface area contributed by atoms with Crippen molar-refractivity contribution in [2.75, 3.05) is 5.73 Å². The van der Waals surface area contributed by atoms with E-state index in [4.69, 9.17) is 22.1 Å². The fourth-order valence-corrected chi connectivity index (χ4v) is 2.31. The highest BCUT2D eigenvalue weighted by Crippen LogP contribution is 2.29. The number of benzene rings is 2. The van der Waals surface area contributed by atoms with Gasteiger partial charge in [0, 0.05) is 4.47 Å². The summed E-state index contributed by atoms with van der Waals surface area (Å²) in [5.41, 5.74) is 6.09. The lowest BCUT2D eigenvalue weighted by atomic mass is 10.1. The van der Waals surface area contributed by atoms with Gasteiger partial charge in [-0.05, 0) is 46.6 Å². The highest BCUT2D eigenvalue weighted by Gasteiger charge is 2.07. The van der Waals surface area contributed by atoms with Gasteiger partial charge in [-0.25, -0.2) is 4.98 Å². The van der Waals surface area contributed by atoms with E-state index in [1.807, 2.05) is 36.4 Å². The van der Waals surface area contributed by atoms with Crippen molar-refractivity contribution in [3.8, 4) is 11.6 Å². The smallest absolute Gasteiger partial charge is 0.247 e. The molecule has 3 aromatic rings. The van der Waals surface area contributed by atoms with Crippen LogP contribution in [-0.2, 0) is 0 Å². The Hall–Kier alpha value is -1.85. The van der Waals surface area contributed by atoms with E-state index in [0.717, 1.165) is 15.2 Å². The lowest BCUT2D eigenvalue weighted by Crippen LogP contribution is -1.96. The predicted molar refractivity (Wildman–Crippen MR) is 83.2 cm³/mol. The Morgan fingerprint density at radius 3 is 2.70 bits per heavy atom. The topological polar surface area (TPSA) is 61.0 Å². The minimum Gasteiger partial charge on any atom is -0.437 e. The molecule has 1 heterocycles. The number of fused-ring (bicyclic) bond motifs is 1. The molecule has 0 aliphatic rings. The summed E-state index contributed by atoms with van der Waals surface area (Å²) >= 11 is 9.18. The number of anilines is 1. The van der Waals surface area contributed by atoms with Gasteiger partial charge >= 0.3 is 0 Å². The number of nitrogen functional groups attached to an aromatic ring is 1. The van der Waals surface area contributed by atoms with Gasteiger partial charge in [0.15, 0.2) is 0 Å². The van der Waals surface area contributed by atoms with E-state index >= 15 is 0 Å². The minimum atomic E-state index is 0.0962. The lowest BCUT2D eigenvalue weighted by Gasteiger charge is -2.08. The van der Waals surface area contributed by atoms with E-state index in [1.54, 1.807) is 0 Å². The summed E-state index contributed by atoms with van der Waals surface area (Å²) in [6, 6.07) is 11.7. The molecule has 6 heteroatoms. The number of hydrogen-bond donors (Lipinski definition) is 1. The van der Waals surface area contributed by atoms with E-state index in [2.05, 4.69) is 25.9 Å². The summed E-state index contributed by atoms with van der Waals surface area (Å²) in [5, 5.41) is 2.27. The van der Waals surface area contributed by atoms with Crippen LogP contribution in [0.2, 0.25) is 5.28 Å². The van der Waals surface area contributed by atoms with Crippen molar-refractivity contribution < 1.29 is 4.74 Å². The van der Waals surface area contributed by atoms with E-state index in [9.17, 15) is 0 Å². The molecule has 3 rings (SSSR count). The first-order valence-corrected chi connectivity index (χ1v) is 6.94. The number of nitrogens with zero attached hydrogens (tertiary/aromatic N) is 2. The molecule has 0 spiro atoms. The molecule has 0 bridgehead atoms. The first-order valence-electron chi connectivity index (χ1n) is 5.77. The standard InChI is InChI=1S/C14H9BrClN3O/c15-10-3-1-9-6-11(4-2-8(9)5-10)20-13-12(17)7-18-14(16)19-13/h1-7H,17H2. The molecule has 0 atom stereocenters. The van der Waals surface area contributed by atoms with Crippen LogP contribution < -0.4 is 10.5 Å². The Balaban J connectivity index is 1.98. The number of aromatic nitrogens is 2. The van der Waals surface area contributed by atoms with Gasteiger partial charge in [-0.1, -0.05) is 28.1 Å². The summed E-state index contributed by atoms with van der Waals surface area (Å²) in [6.07, 6.45) is 1.42. The van der Waals surface area contributed by atoms with Gasteiger partial charge in [0.05, 0.1) is 6.20 Å². The molecule has 0 fully saturated rings. The number of rotatable bonds is 2. The minimum absolute atomic E-state index is 0.0962. The first kappa shape index (κ1) is 13.1. The maximum Gasteiger partial charge on any atom is 0.247 e. The molecule has 20 heavy (non-hydrogen) atoms. The maximum absolute atomic E-state index is 5.75. The van der Waals surface area contributed by atoms with Crippen LogP contribution in [0.4, 0.5) is 5.69 Å². The van der Waals surface area contributed by atoms with Crippen LogP contribution in [0.5, 0.6) is 11.6 Å². The van der Waals surface area contributed by atoms with Crippen LogP contribution in [0.25, 0.3) is 10.8 Å². The zero-order chi connectivity index (χ0) is 14.1. The molecule has 0 aliphatic heterocycles. The van der Waals surface area contributed by atoms with E-state index in [1.165, 1.54) is 6.20 Å². The molecular formula is C14H9BrClN3O. The van der Waals surface area contributed by atoms with Crippen LogP contribution in [0.1, 0.15) is 0 Å². The Morgan fingerprint density at radius 2 is 1.85 bits per heavy atom. The van der Waals surface area contributed by atoms with Gasteiger partial charge in [0.25, 0.3) is 0 Å². The van der Waals surface area contributed by atoms with Crippen LogP contribution in [-0.4, -0.2) is 9.97 Å². The zero-order valence-electron chi connectivity index (χ0n) is 10.2. The summed E-state index contributed by atoms with van der Waals surface area (Å²) in [5.74, 6) is 0.891.